The van der Waals surface area contributed by atoms with E-state index < -0.39 is 6.10 Å². The molecule has 0 saturated heterocycles. The normalized spacial score (nSPS) is 28.4. The maximum atomic E-state index is 13.0. The summed E-state index contributed by atoms with van der Waals surface area (Å²) in [6.07, 6.45) is 3.02. The Morgan fingerprint density at radius 2 is 2.09 bits per heavy atom. The minimum Gasteiger partial charge on any atom is -0.392 e. The molecule has 1 amide bonds. The van der Waals surface area contributed by atoms with Crippen LogP contribution in [0.2, 0.25) is 0 Å². The Hall–Kier alpha value is -1.55. The second-order valence-electron chi connectivity index (χ2n) is 6.64. The molecule has 4 heteroatoms. The summed E-state index contributed by atoms with van der Waals surface area (Å²) in [5, 5.41) is 10.1. The number of likely N-dealkylation sites (N-methyl/N-ethyl adjacent to an activating group) is 1. The van der Waals surface area contributed by atoms with Gasteiger partial charge in [0.25, 0.3) is 0 Å². The maximum absolute atomic E-state index is 13.0. The summed E-state index contributed by atoms with van der Waals surface area (Å²) >= 11 is 0. The molecule has 1 N–H and O–H groups in total. The summed E-state index contributed by atoms with van der Waals surface area (Å²) in [7, 11) is 2.10. The van der Waals surface area contributed by atoms with E-state index in [9.17, 15) is 9.90 Å². The molecule has 4 nitrogen and oxygen atoms in total. The number of benzene rings is 1. The van der Waals surface area contributed by atoms with Crippen molar-refractivity contribution in [2.75, 3.05) is 18.5 Å². The molecule has 1 aliphatic heterocycles. The number of aliphatic hydroxyl groups is 1. The van der Waals surface area contributed by atoms with E-state index >= 15 is 0 Å². The van der Waals surface area contributed by atoms with Crippen molar-refractivity contribution in [3.63, 3.8) is 0 Å². The fraction of sp³-hybridized carbons (Fsp3) is 0.611. The first kappa shape index (κ1) is 15.3. The van der Waals surface area contributed by atoms with Crippen molar-refractivity contribution in [3.8, 4) is 0 Å². The lowest BCUT2D eigenvalue weighted by Gasteiger charge is -2.33. The second kappa shape index (κ2) is 6.29. The van der Waals surface area contributed by atoms with Crippen molar-refractivity contribution in [1.29, 1.82) is 0 Å². The third-order valence-electron chi connectivity index (χ3n) is 5.22. The first-order valence-corrected chi connectivity index (χ1v) is 8.39. The standard InChI is InChI=1S/C18H26N2O2/c1-3-14-12-19(2)16-9-5-4-7-13(16)11-20(14)18(22)15-8-6-10-17(15)21/h4-5,7,9,14-15,17,21H,3,6,8,10-12H2,1-2H3. The molecule has 1 aromatic carbocycles. The SMILES string of the molecule is CCC1CN(C)c2ccccc2CN1C(=O)C1CCCC1O. The first-order chi connectivity index (χ1) is 10.6. The number of nitrogens with zero attached hydrogens (tertiary/aromatic N) is 2. The molecular weight excluding hydrogens is 276 g/mol. The molecule has 1 saturated carbocycles. The van der Waals surface area contributed by atoms with E-state index in [0.717, 1.165) is 32.2 Å². The van der Waals surface area contributed by atoms with E-state index in [1.165, 1.54) is 11.3 Å². The predicted octanol–water partition coefficient (Wildman–Crippen LogP) is 2.40. The summed E-state index contributed by atoms with van der Waals surface area (Å²) in [5.41, 5.74) is 2.41. The zero-order valence-corrected chi connectivity index (χ0v) is 13.5. The van der Waals surface area contributed by atoms with E-state index in [0.29, 0.717) is 6.54 Å². The number of anilines is 1. The molecule has 1 heterocycles. The largest absolute Gasteiger partial charge is 0.392 e. The smallest absolute Gasteiger partial charge is 0.228 e. The molecule has 0 spiro atoms. The van der Waals surface area contributed by atoms with Crippen LogP contribution >= 0.6 is 0 Å². The van der Waals surface area contributed by atoms with Crippen LogP contribution in [0.1, 0.15) is 38.2 Å². The number of aliphatic hydroxyl groups excluding tert-OH is 1. The molecule has 1 aromatic rings. The van der Waals surface area contributed by atoms with E-state index in [-0.39, 0.29) is 17.9 Å². The van der Waals surface area contributed by atoms with Gasteiger partial charge in [0.05, 0.1) is 12.0 Å². The zero-order valence-electron chi connectivity index (χ0n) is 13.5. The number of hydrogen-bond acceptors (Lipinski definition) is 3. The van der Waals surface area contributed by atoms with Gasteiger partial charge in [-0.1, -0.05) is 25.1 Å². The van der Waals surface area contributed by atoms with Crippen molar-refractivity contribution in [1.82, 2.24) is 4.90 Å². The third-order valence-corrected chi connectivity index (χ3v) is 5.22. The lowest BCUT2D eigenvalue weighted by Crippen LogP contribution is -2.47. The molecule has 1 aliphatic carbocycles. The van der Waals surface area contributed by atoms with Gasteiger partial charge >= 0.3 is 0 Å². The molecular formula is C18H26N2O2. The van der Waals surface area contributed by atoms with E-state index in [1.807, 2.05) is 11.0 Å². The van der Waals surface area contributed by atoms with Crippen LogP contribution in [-0.4, -0.2) is 41.7 Å². The fourth-order valence-electron chi connectivity index (χ4n) is 3.89. The summed E-state index contributed by atoms with van der Waals surface area (Å²) in [5.74, 6) is -0.0634. The minimum absolute atomic E-state index is 0.141. The van der Waals surface area contributed by atoms with Gasteiger partial charge in [-0.15, -0.1) is 0 Å². The fourth-order valence-corrected chi connectivity index (χ4v) is 3.89. The molecule has 3 unspecified atom stereocenters. The highest BCUT2D eigenvalue weighted by Crippen LogP contribution is 2.32. The average Bonchev–Trinajstić information content (AvgIpc) is 2.89. The maximum Gasteiger partial charge on any atom is 0.228 e. The molecule has 0 radical (unpaired) electrons. The summed E-state index contributed by atoms with van der Waals surface area (Å²) < 4.78 is 0. The first-order valence-electron chi connectivity index (χ1n) is 8.39. The topological polar surface area (TPSA) is 43.8 Å². The van der Waals surface area contributed by atoms with E-state index in [4.69, 9.17) is 0 Å². The van der Waals surface area contributed by atoms with Crippen molar-refractivity contribution < 1.29 is 9.90 Å². The molecule has 3 rings (SSSR count). The highest BCUT2D eigenvalue weighted by molar-refractivity contribution is 5.80. The van der Waals surface area contributed by atoms with Gasteiger partial charge in [0.1, 0.15) is 0 Å². The molecule has 3 atom stereocenters. The Kier molecular flexibility index (Phi) is 4.39. The Morgan fingerprint density at radius 1 is 1.32 bits per heavy atom. The minimum atomic E-state index is -0.457. The lowest BCUT2D eigenvalue weighted by molar-refractivity contribution is -0.141. The molecule has 1 fully saturated rings. The summed E-state index contributed by atoms with van der Waals surface area (Å²) in [6.45, 7) is 3.64. The van der Waals surface area contributed by atoms with Gasteiger partial charge in [-0.05, 0) is 37.3 Å². The Morgan fingerprint density at radius 3 is 2.77 bits per heavy atom. The molecule has 22 heavy (non-hydrogen) atoms. The Bertz CT molecular complexity index is 546. The van der Waals surface area contributed by atoms with Crippen LogP contribution in [0.3, 0.4) is 0 Å². The summed E-state index contributed by atoms with van der Waals surface area (Å²) in [4.78, 5) is 17.3. The molecule has 0 aromatic heterocycles. The monoisotopic (exact) mass is 302 g/mol. The van der Waals surface area contributed by atoms with Crippen LogP contribution in [0, 0.1) is 5.92 Å². The van der Waals surface area contributed by atoms with Gasteiger partial charge in [-0.2, -0.15) is 0 Å². The van der Waals surface area contributed by atoms with Gasteiger partial charge in [-0.3, -0.25) is 4.79 Å². The van der Waals surface area contributed by atoms with Gasteiger partial charge in [0.2, 0.25) is 5.91 Å². The van der Waals surface area contributed by atoms with Crippen LogP contribution in [0.15, 0.2) is 24.3 Å². The van der Waals surface area contributed by atoms with Crippen molar-refractivity contribution in [3.05, 3.63) is 29.8 Å². The van der Waals surface area contributed by atoms with Crippen LogP contribution in [0.5, 0.6) is 0 Å². The highest BCUT2D eigenvalue weighted by atomic mass is 16.3. The number of carbonyl (C=O) groups is 1. The predicted molar refractivity (Wildman–Crippen MR) is 87.7 cm³/mol. The second-order valence-corrected chi connectivity index (χ2v) is 6.64. The van der Waals surface area contributed by atoms with E-state index in [1.54, 1.807) is 0 Å². The van der Waals surface area contributed by atoms with Crippen LogP contribution in [0.4, 0.5) is 5.69 Å². The molecule has 2 aliphatic rings. The average molecular weight is 302 g/mol. The van der Waals surface area contributed by atoms with Crippen LogP contribution in [-0.2, 0) is 11.3 Å². The number of para-hydroxylation sites is 1. The Balaban J connectivity index is 1.90. The van der Waals surface area contributed by atoms with Gasteiger partial charge in [0.15, 0.2) is 0 Å². The molecule has 0 bridgehead atoms. The highest BCUT2D eigenvalue weighted by Gasteiger charge is 2.38. The number of fused-ring (bicyclic) bond motifs is 1. The van der Waals surface area contributed by atoms with Crippen LogP contribution < -0.4 is 4.90 Å². The number of hydrogen-bond donors (Lipinski definition) is 1. The van der Waals surface area contributed by atoms with Crippen LogP contribution in [0.25, 0.3) is 0 Å². The number of carbonyl (C=O) groups excluding carboxylic acids is 1. The van der Waals surface area contributed by atoms with Gasteiger partial charge in [-0.25, -0.2) is 0 Å². The Labute approximate surface area is 132 Å². The number of amides is 1. The number of rotatable bonds is 2. The van der Waals surface area contributed by atoms with Crippen molar-refractivity contribution in [2.24, 2.45) is 5.92 Å². The lowest BCUT2D eigenvalue weighted by atomic mass is 10.0. The third kappa shape index (κ3) is 2.72. The van der Waals surface area contributed by atoms with Gasteiger partial charge < -0.3 is 14.9 Å². The zero-order chi connectivity index (χ0) is 15.7. The summed E-state index contributed by atoms with van der Waals surface area (Å²) in [6, 6.07) is 8.52. The molecule has 120 valence electrons. The van der Waals surface area contributed by atoms with Crippen molar-refractivity contribution >= 4 is 11.6 Å². The van der Waals surface area contributed by atoms with Gasteiger partial charge in [0, 0.05) is 31.9 Å². The van der Waals surface area contributed by atoms with Crippen molar-refractivity contribution in [2.45, 2.75) is 51.3 Å². The van der Waals surface area contributed by atoms with E-state index in [2.05, 4.69) is 37.1 Å². The quantitative estimate of drug-likeness (QED) is 0.912.